The number of ether oxygens (including phenoxy) is 1. The molecule has 0 bridgehead atoms. The molecule has 2 aromatic rings. The summed E-state index contributed by atoms with van der Waals surface area (Å²) in [6.45, 7) is 8.70. The Morgan fingerprint density at radius 1 is 1.40 bits per heavy atom. The number of aromatic nitrogens is 3. The van der Waals surface area contributed by atoms with E-state index in [4.69, 9.17) is 9.26 Å². The van der Waals surface area contributed by atoms with Crippen LogP contribution < -0.4 is 4.90 Å². The molecular weight excluding hydrogens is 256 g/mol. The van der Waals surface area contributed by atoms with E-state index in [-0.39, 0.29) is 0 Å². The molecule has 20 heavy (non-hydrogen) atoms. The Morgan fingerprint density at radius 3 is 3.05 bits per heavy atom. The summed E-state index contributed by atoms with van der Waals surface area (Å²) < 4.78 is 10.9. The summed E-state index contributed by atoms with van der Waals surface area (Å²) >= 11 is 0. The average Bonchev–Trinajstić information content (AvgIpc) is 2.81. The van der Waals surface area contributed by atoms with Crippen molar-refractivity contribution in [3.8, 4) is 0 Å². The van der Waals surface area contributed by atoms with E-state index >= 15 is 0 Å². The maximum atomic E-state index is 5.63. The third-order valence-electron chi connectivity index (χ3n) is 3.67. The number of hydrogen-bond donors (Lipinski definition) is 0. The predicted octanol–water partition coefficient (Wildman–Crippen LogP) is 2.18. The summed E-state index contributed by atoms with van der Waals surface area (Å²) in [4.78, 5) is 10.9. The van der Waals surface area contributed by atoms with Crippen LogP contribution in [-0.4, -0.2) is 40.9 Å². The van der Waals surface area contributed by atoms with Crippen molar-refractivity contribution in [2.24, 2.45) is 5.92 Å². The molecule has 3 rings (SSSR count). The number of nitrogens with zero attached hydrogens (tertiary/aromatic N) is 4. The van der Waals surface area contributed by atoms with Crippen molar-refractivity contribution in [1.82, 2.24) is 15.1 Å². The molecule has 1 aliphatic rings. The quantitative estimate of drug-likeness (QED) is 0.856. The number of anilines is 1. The highest BCUT2D eigenvalue weighted by Gasteiger charge is 2.27. The maximum absolute atomic E-state index is 5.63. The third-order valence-corrected chi connectivity index (χ3v) is 3.67. The molecule has 6 nitrogen and oxygen atoms in total. The molecule has 6 heteroatoms. The fourth-order valence-electron chi connectivity index (χ4n) is 2.79. The van der Waals surface area contributed by atoms with Gasteiger partial charge in [-0.2, -0.15) is 4.98 Å². The average molecular weight is 276 g/mol. The van der Waals surface area contributed by atoms with Crippen molar-refractivity contribution in [3.63, 3.8) is 0 Å². The predicted molar refractivity (Wildman–Crippen MR) is 75.7 cm³/mol. The molecule has 0 N–H and O–H groups in total. The van der Waals surface area contributed by atoms with Gasteiger partial charge in [0, 0.05) is 6.54 Å². The molecule has 0 saturated carbocycles. The van der Waals surface area contributed by atoms with E-state index in [0.29, 0.717) is 17.7 Å². The van der Waals surface area contributed by atoms with E-state index in [1.54, 1.807) is 6.33 Å². The molecule has 2 aromatic heterocycles. The SMILES string of the molecule is Cc1noc2ncnc(N3CCOC[C@@H]3CC(C)C)c12. The lowest BCUT2D eigenvalue weighted by Crippen LogP contribution is -2.46. The van der Waals surface area contributed by atoms with Crippen molar-refractivity contribution in [2.45, 2.75) is 33.2 Å². The van der Waals surface area contributed by atoms with Crippen LogP contribution in [0, 0.1) is 12.8 Å². The largest absolute Gasteiger partial charge is 0.377 e. The normalized spacial score (nSPS) is 20.0. The topological polar surface area (TPSA) is 64.3 Å². The van der Waals surface area contributed by atoms with E-state index in [1.807, 2.05) is 6.92 Å². The van der Waals surface area contributed by atoms with E-state index in [2.05, 4.69) is 33.9 Å². The molecule has 0 aliphatic carbocycles. The molecule has 0 spiro atoms. The van der Waals surface area contributed by atoms with E-state index < -0.39 is 0 Å². The second-order valence-electron chi connectivity index (χ2n) is 5.70. The first-order valence-electron chi connectivity index (χ1n) is 7.08. The summed E-state index contributed by atoms with van der Waals surface area (Å²) in [6, 6.07) is 0.344. The standard InChI is InChI=1S/C14H20N4O2/c1-9(2)6-11-7-19-5-4-18(11)13-12-10(3)17-20-14(12)16-8-15-13/h8-9,11H,4-7H2,1-3H3/t11-/m0/s1. The van der Waals surface area contributed by atoms with Crippen LogP contribution in [0.2, 0.25) is 0 Å². The van der Waals surface area contributed by atoms with Crippen molar-refractivity contribution < 1.29 is 9.26 Å². The van der Waals surface area contributed by atoms with E-state index in [9.17, 15) is 0 Å². The lowest BCUT2D eigenvalue weighted by molar-refractivity contribution is 0.0875. The van der Waals surface area contributed by atoms with Crippen molar-refractivity contribution >= 4 is 16.9 Å². The van der Waals surface area contributed by atoms with Gasteiger partial charge in [-0.05, 0) is 19.3 Å². The van der Waals surface area contributed by atoms with Crippen LogP contribution in [0.1, 0.15) is 26.0 Å². The zero-order chi connectivity index (χ0) is 14.1. The zero-order valence-corrected chi connectivity index (χ0v) is 12.2. The molecule has 108 valence electrons. The Balaban J connectivity index is 2.01. The van der Waals surface area contributed by atoms with Crippen molar-refractivity contribution in [3.05, 3.63) is 12.0 Å². The van der Waals surface area contributed by atoms with Gasteiger partial charge in [-0.1, -0.05) is 19.0 Å². The maximum Gasteiger partial charge on any atom is 0.263 e. The minimum atomic E-state index is 0.344. The molecule has 0 amide bonds. The summed E-state index contributed by atoms with van der Waals surface area (Å²) in [6.07, 6.45) is 2.63. The summed E-state index contributed by atoms with van der Waals surface area (Å²) in [5.41, 5.74) is 1.40. The number of aryl methyl sites for hydroxylation is 1. The molecule has 1 atom stereocenters. The Bertz CT molecular complexity index is 596. The first-order valence-corrected chi connectivity index (χ1v) is 7.08. The van der Waals surface area contributed by atoms with Crippen LogP contribution in [0.25, 0.3) is 11.1 Å². The number of fused-ring (bicyclic) bond motifs is 1. The van der Waals surface area contributed by atoms with Crippen LogP contribution in [0.15, 0.2) is 10.9 Å². The molecule has 1 aliphatic heterocycles. The Kier molecular flexibility index (Phi) is 3.56. The molecule has 3 heterocycles. The van der Waals surface area contributed by atoms with Crippen LogP contribution in [0.3, 0.4) is 0 Å². The van der Waals surface area contributed by atoms with Gasteiger partial charge < -0.3 is 14.2 Å². The highest BCUT2D eigenvalue weighted by molar-refractivity contribution is 5.88. The van der Waals surface area contributed by atoms with Crippen LogP contribution in [0.4, 0.5) is 5.82 Å². The molecule has 0 unspecified atom stereocenters. The second-order valence-corrected chi connectivity index (χ2v) is 5.70. The van der Waals surface area contributed by atoms with Gasteiger partial charge in [0.1, 0.15) is 17.5 Å². The monoisotopic (exact) mass is 276 g/mol. The first kappa shape index (κ1) is 13.3. The van der Waals surface area contributed by atoms with Gasteiger partial charge in [0.15, 0.2) is 0 Å². The summed E-state index contributed by atoms with van der Waals surface area (Å²) in [5.74, 6) is 1.53. The lowest BCUT2D eigenvalue weighted by Gasteiger charge is -2.37. The number of rotatable bonds is 3. The van der Waals surface area contributed by atoms with E-state index in [1.165, 1.54) is 0 Å². The van der Waals surface area contributed by atoms with Crippen molar-refractivity contribution in [1.29, 1.82) is 0 Å². The van der Waals surface area contributed by atoms with Crippen LogP contribution in [0.5, 0.6) is 0 Å². The van der Waals surface area contributed by atoms with Gasteiger partial charge in [-0.15, -0.1) is 0 Å². The van der Waals surface area contributed by atoms with Gasteiger partial charge in [0.25, 0.3) is 5.71 Å². The first-order chi connectivity index (χ1) is 9.66. The highest BCUT2D eigenvalue weighted by Crippen LogP contribution is 2.29. The summed E-state index contributed by atoms with van der Waals surface area (Å²) in [5, 5.41) is 4.92. The minimum absolute atomic E-state index is 0.344. The Hall–Kier alpha value is -1.69. The van der Waals surface area contributed by atoms with E-state index in [0.717, 1.165) is 43.1 Å². The zero-order valence-electron chi connectivity index (χ0n) is 12.2. The van der Waals surface area contributed by atoms with Crippen LogP contribution in [-0.2, 0) is 4.74 Å². The van der Waals surface area contributed by atoms with Gasteiger partial charge in [0.2, 0.25) is 0 Å². The minimum Gasteiger partial charge on any atom is -0.377 e. The molecule has 0 aromatic carbocycles. The van der Waals surface area contributed by atoms with Gasteiger partial charge in [0.05, 0.1) is 24.9 Å². The second kappa shape index (κ2) is 5.36. The molecule has 0 radical (unpaired) electrons. The molecule has 1 fully saturated rings. The Labute approximate surface area is 118 Å². The highest BCUT2D eigenvalue weighted by atomic mass is 16.5. The number of morpholine rings is 1. The number of hydrogen-bond acceptors (Lipinski definition) is 6. The van der Waals surface area contributed by atoms with Gasteiger partial charge in [-0.3, -0.25) is 0 Å². The fraction of sp³-hybridized carbons (Fsp3) is 0.643. The lowest BCUT2D eigenvalue weighted by atomic mass is 10.0. The third kappa shape index (κ3) is 2.35. The molecule has 1 saturated heterocycles. The van der Waals surface area contributed by atoms with Gasteiger partial charge >= 0.3 is 0 Å². The van der Waals surface area contributed by atoms with Crippen molar-refractivity contribution in [2.75, 3.05) is 24.7 Å². The van der Waals surface area contributed by atoms with Gasteiger partial charge in [-0.25, -0.2) is 4.98 Å². The fourth-order valence-corrected chi connectivity index (χ4v) is 2.79. The molecular formula is C14H20N4O2. The Morgan fingerprint density at radius 2 is 2.25 bits per heavy atom. The summed E-state index contributed by atoms with van der Waals surface area (Å²) in [7, 11) is 0. The smallest absolute Gasteiger partial charge is 0.263 e. The van der Waals surface area contributed by atoms with Crippen LogP contribution >= 0.6 is 0 Å².